The maximum absolute atomic E-state index is 12.2. The van der Waals surface area contributed by atoms with Crippen LogP contribution in [0.25, 0.3) is 0 Å². The number of hydrogen-bond acceptors (Lipinski definition) is 5. The Hall–Kier alpha value is -1.79. The minimum atomic E-state index is 0.0394. The first-order valence-electron chi connectivity index (χ1n) is 8.35. The van der Waals surface area contributed by atoms with Crippen molar-refractivity contribution in [3.8, 4) is 11.5 Å². The van der Waals surface area contributed by atoms with E-state index in [9.17, 15) is 4.79 Å². The van der Waals surface area contributed by atoms with Crippen LogP contribution in [0.3, 0.4) is 0 Å². The van der Waals surface area contributed by atoms with Crippen molar-refractivity contribution in [1.82, 2.24) is 10.2 Å². The van der Waals surface area contributed by atoms with Gasteiger partial charge < -0.3 is 24.4 Å². The molecular weight excluding hydrogens is 308 g/mol. The number of amides is 1. The molecule has 134 valence electrons. The van der Waals surface area contributed by atoms with Crippen molar-refractivity contribution in [2.24, 2.45) is 5.92 Å². The van der Waals surface area contributed by atoms with Gasteiger partial charge in [-0.25, -0.2) is 0 Å². The van der Waals surface area contributed by atoms with Gasteiger partial charge in [0.2, 0.25) is 5.91 Å². The zero-order chi connectivity index (χ0) is 17.4. The molecule has 6 heteroatoms. The summed E-state index contributed by atoms with van der Waals surface area (Å²) in [6, 6.07) is 5.57. The van der Waals surface area contributed by atoms with Crippen LogP contribution in [0.5, 0.6) is 11.5 Å². The highest BCUT2D eigenvalue weighted by molar-refractivity contribution is 5.78. The van der Waals surface area contributed by atoms with Crippen molar-refractivity contribution in [2.45, 2.75) is 12.8 Å². The van der Waals surface area contributed by atoms with E-state index in [2.05, 4.69) is 10.2 Å². The highest BCUT2D eigenvalue weighted by Gasteiger charge is 2.22. The summed E-state index contributed by atoms with van der Waals surface area (Å²) in [5, 5.41) is 3.05. The molecule has 24 heavy (non-hydrogen) atoms. The van der Waals surface area contributed by atoms with Crippen LogP contribution >= 0.6 is 0 Å². The summed E-state index contributed by atoms with van der Waals surface area (Å²) in [5.74, 6) is 1.88. The number of ether oxygens (including phenoxy) is 3. The fourth-order valence-corrected chi connectivity index (χ4v) is 3.00. The van der Waals surface area contributed by atoms with Crippen LogP contribution in [0.1, 0.15) is 12.0 Å². The predicted octanol–water partition coefficient (Wildman–Crippen LogP) is 1.33. The summed E-state index contributed by atoms with van der Waals surface area (Å²) in [6.45, 7) is 4.57. The Morgan fingerprint density at radius 2 is 2.04 bits per heavy atom. The molecule has 1 aliphatic rings. The number of benzene rings is 1. The van der Waals surface area contributed by atoms with Crippen LogP contribution < -0.4 is 14.8 Å². The summed E-state index contributed by atoms with van der Waals surface area (Å²) < 4.78 is 15.6. The zero-order valence-electron chi connectivity index (χ0n) is 14.8. The van der Waals surface area contributed by atoms with Crippen molar-refractivity contribution in [3.63, 3.8) is 0 Å². The van der Waals surface area contributed by atoms with Gasteiger partial charge in [-0.05, 0) is 36.6 Å². The van der Waals surface area contributed by atoms with E-state index in [4.69, 9.17) is 14.2 Å². The van der Waals surface area contributed by atoms with Gasteiger partial charge in [-0.3, -0.25) is 4.79 Å². The van der Waals surface area contributed by atoms with Crippen LogP contribution in [0.4, 0.5) is 0 Å². The molecule has 0 aliphatic carbocycles. The molecule has 1 atom stereocenters. The average Bonchev–Trinajstić information content (AvgIpc) is 3.06. The molecule has 0 spiro atoms. The van der Waals surface area contributed by atoms with Crippen molar-refractivity contribution in [3.05, 3.63) is 23.8 Å². The van der Waals surface area contributed by atoms with E-state index >= 15 is 0 Å². The zero-order valence-corrected chi connectivity index (χ0v) is 14.8. The van der Waals surface area contributed by atoms with E-state index < -0.39 is 0 Å². The molecule has 0 unspecified atom stereocenters. The maximum Gasteiger partial charge on any atom is 0.224 e. The molecule has 1 saturated heterocycles. The summed E-state index contributed by atoms with van der Waals surface area (Å²) in [6.07, 6.45) is 1.47. The fourth-order valence-electron chi connectivity index (χ4n) is 3.00. The highest BCUT2D eigenvalue weighted by atomic mass is 16.5. The van der Waals surface area contributed by atoms with Crippen molar-refractivity contribution >= 4 is 5.91 Å². The third-order valence-electron chi connectivity index (χ3n) is 4.38. The second-order valence-corrected chi connectivity index (χ2v) is 6.12. The van der Waals surface area contributed by atoms with Crippen molar-refractivity contribution < 1.29 is 19.0 Å². The predicted molar refractivity (Wildman–Crippen MR) is 92.7 cm³/mol. The van der Waals surface area contributed by atoms with Gasteiger partial charge in [-0.2, -0.15) is 0 Å². The van der Waals surface area contributed by atoms with Crippen molar-refractivity contribution in [1.29, 1.82) is 0 Å². The van der Waals surface area contributed by atoms with Gasteiger partial charge in [-0.15, -0.1) is 0 Å². The molecule has 1 fully saturated rings. The van der Waals surface area contributed by atoms with Gasteiger partial charge in [0.1, 0.15) is 0 Å². The Morgan fingerprint density at radius 3 is 2.75 bits per heavy atom. The summed E-state index contributed by atoms with van der Waals surface area (Å²) in [7, 11) is 4.92. The van der Waals surface area contributed by atoms with Crippen LogP contribution in [-0.2, 0) is 16.0 Å². The normalized spacial score (nSPS) is 17.7. The standard InChI is InChI=1S/C18H28N2O4/c1-22-9-8-20-7-6-15(13-20)12-19-18(21)11-14-4-5-16(23-2)17(10-14)24-3/h4-5,10,15H,6-9,11-13H2,1-3H3,(H,19,21)/t15-/m0/s1. The Bertz CT molecular complexity index is 536. The lowest BCUT2D eigenvalue weighted by molar-refractivity contribution is -0.120. The smallest absolute Gasteiger partial charge is 0.224 e. The SMILES string of the molecule is COCCN1CC[C@@H](CNC(=O)Cc2ccc(OC)c(OC)c2)C1. The first-order chi connectivity index (χ1) is 11.7. The number of nitrogens with one attached hydrogen (secondary N) is 1. The van der Waals surface area contributed by atoms with E-state index in [1.807, 2.05) is 18.2 Å². The third kappa shape index (κ3) is 5.39. The second-order valence-electron chi connectivity index (χ2n) is 6.12. The number of rotatable bonds is 9. The fraction of sp³-hybridized carbons (Fsp3) is 0.611. The molecule has 0 radical (unpaired) electrons. The van der Waals surface area contributed by atoms with Gasteiger partial charge in [0.25, 0.3) is 0 Å². The largest absolute Gasteiger partial charge is 0.493 e. The Morgan fingerprint density at radius 1 is 1.25 bits per heavy atom. The molecular formula is C18H28N2O4. The highest BCUT2D eigenvalue weighted by Crippen LogP contribution is 2.27. The lowest BCUT2D eigenvalue weighted by Crippen LogP contribution is -2.32. The molecule has 2 rings (SSSR count). The van der Waals surface area contributed by atoms with Crippen LogP contribution in [0, 0.1) is 5.92 Å². The lowest BCUT2D eigenvalue weighted by atomic mass is 10.1. The number of methoxy groups -OCH3 is 3. The second kappa shape index (κ2) is 9.49. The molecule has 6 nitrogen and oxygen atoms in total. The minimum absolute atomic E-state index is 0.0394. The molecule has 1 aromatic rings. The molecule has 0 bridgehead atoms. The first-order valence-corrected chi connectivity index (χ1v) is 8.35. The molecule has 1 aliphatic heterocycles. The topological polar surface area (TPSA) is 60.0 Å². The lowest BCUT2D eigenvalue weighted by Gasteiger charge is -2.15. The van der Waals surface area contributed by atoms with Crippen LogP contribution in [0.15, 0.2) is 18.2 Å². The molecule has 1 heterocycles. The van der Waals surface area contributed by atoms with Crippen LogP contribution in [-0.4, -0.2) is 64.9 Å². The van der Waals surface area contributed by atoms with E-state index in [0.29, 0.717) is 23.8 Å². The quantitative estimate of drug-likeness (QED) is 0.737. The Kier molecular flexibility index (Phi) is 7.34. The van der Waals surface area contributed by atoms with E-state index in [0.717, 1.165) is 44.8 Å². The van der Waals surface area contributed by atoms with E-state index in [-0.39, 0.29) is 5.91 Å². The Labute approximate surface area is 144 Å². The first kappa shape index (κ1) is 18.5. The maximum atomic E-state index is 12.2. The van der Waals surface area contributed by atoms with Gasteiger partial charge in [0.15, 0.2) is 11.5 Å². The monoisotopic (exact) mass is 336 g/mol. The molecule has 1 aromatic carbocycles. The number of hydrogen-bond donors (Lipinski definition) is 1. The minimum Gasteiger partial charge on any atom is -0.493 e. The van der Waals surface area contributed by atoms with Crippen molar-refractivity contribution in [2.75, 3.05) is 54.1 Å². The molecule has 0 aromatic heterocycles. The Balaban J connectivity index is 1.76. The molecule has 1 N–H and O–H groups in total. The van der Waals surface area contributed by atoms with Gasteiger partial charge in [-0.1, -0.05) is 6.07 Å². The summed E-state index contributed by atoms with van der Waals surface area (Å²) >= 11 is 0. The number of nitrogens with zero attached hydrogens (tertiary/aromatic N) is 1. The van der Waals surface area contributed by atoms with Crippen LogP contribution in [0.2, 0.25) is 0 Å². The van der Waals surface area contributed by atoms with Gasteiger partial charge in [0, 0.05) is 26.7 Å². The van der Waals surface area contributed by atoms with E-state index in [1.165, 1.54) is 0 Å². The third-order valence-corrected chi connectivity index (χ3v) is 4.38. The number of likely N-dealkylation sites (tertiary alicyclic amines) is 1. The molecule has 1 amide bonds. The molecule has 0 saturated carbocycles. The average molecular weight is 336 g/mol. The summed E-state index contributed by atoms with van der Waals surface area (Å²) in [4.78, 5) is 14.5. The number of carbonyl (C=O) groups is 1. The van der Waals surface area contributed by atoms with E-state index in [1.54, 1.807) is 21.3 Å². The number of carbonyl (C=O) groups excluding carboxylic acids is 1. The van der Waals surface area contributed by atoms with Gasteiger partial charge >= 0.3 is 0 Å². The summed E-state index contributed by atoms with van der Waals surface area (Å²) in [5.41, 5.74) is 0.915. The van der Waals surface area contributed by atoms with Gasteiger partial charge in [0.05, 0.1) is 27.2 Å².